The van der Waals surface area contributed by atoms with Crippen molar-refractivity contribution in [3.63, 3.8) is 0 Å². The molecule has 0 aliphatic heterocycles. The van der Waals surface area contributed by atoms with Gasteiger partial charge in [0.1, 0.15) is 0 Å². The first-order chi connectivity index (χ1) is 8.27. The van der Waals surface area contributed by atoms with Crippen molar-refractivity contribution in [1.82, 2.24) is 0 Å². The summed E-state index contributed by atoms with van der Waals surface area (Å²) in [6, 6.07) is 4.48. The molecular weight excluding hydrogens is 320 g/mol. The summed E-state index contributed by atoms with van der Waals surface area (Å²) in [5.41, 5.74) is 0.0625. The van der Waals surface area contributed by atoms with Crippen molar-refractivity contribution in [3.8, 4) is 0 Å². The first-order valence-corrected chi connectivity index (χ1v) is 7.83. The maximum absolute atomic E-state index is 12.2. The molecule has 0 aliphatic rings. The van der Waals surface area contributed by atoms with Gasteiger partial charge in [0, 0.05) is 4.47 Å². The van der Waals surface area contributed by atoms with Gasteiger partial charge in [0.25, 0.3) is 0 Å². The summed E-state index contributed by atoms with van der Waals surface area (Å²) in [6.45, 7) is 3.63. The van der Waals surface area contributed by atoms with Gasteiger partial charge in [-0.1, -0.05) is 29.8 Å². The van der Waals surface area contributed by atoms with E-state index in [9.17, 15) is 13.2 Å². The summed E-state index contributed by atoms with van der Waals surface area (Å²) in [6.07, 6.45) is 0. The van der Waals surface area contributed by atoms with Gasteiger partial charge in [-0.3, -0.25) is 0 Å². The van der Waals surface area contributed by atoms with Gasteiger partial charge in [0.2, 0.25) is 0 Å². The normalized spacial score (nSPS) is 11.6. The lowest BCUT2D eigenvalue weighted by atomic mass is 10.2. The first kappa shape index (κ1) is 15.2. The second-order valence-corrected chi connectivity index (χ2v) is 7.23. The molecule has 0 amide bonds. The molecule has 0 radical (unpaired) electrons. The molecule has 0 heterocycles. The number of benzene rings is 1. The van der Waals surface area contributed by atoms with Gasteiger partial charge in [-0.05, 0) is 24.1 Å². The smallest absolute Gasteiger partial charge is 0.339 e. The lowest BCUT2D eigenvalue weighted by molar-refractivity contribution is 0.0596. The molecule has 0 aromatic heterocycles. The fourth-order valence-electron chi connectivity index (χ4n) is 1.57. The number of carbonyl (C=O) groups excluding carboxylic acids is 1. The number of hydrogen-bond donors (Lipinski definition) is 0. The summed E-state index contributed by atoms with van der Waals surface area (Å²) in [5, 5.41) is 0. The van der Waals surface area contributed by atoms with Crippen LogP contribution in [0.4, 0.5) is 0 Å². The Morgan fingerprint density at radius 3 is 2.50 bits per heavy atom. The molecule has 1 aromatic carbocycles. The number of hydrogen-bond acceptors (Lipinski definition) is 4. The molecule has 100 valence electrons. The van der Waals surface area contributed by atoms with Crippen LogP contribution >= 0.6 is 15.9 Å². The Kier molecular flexibility index (Phi) is 4.92. The fourth-order valence-corrected chi connectivity index (χ4v) is 3.74. The van der Waals surface area contributed by atoms with Crippen molar-refractivity contribution in [2.75, 3.05) is 12.9 Å². The third kappa shape index (κ3) is 3.55. The van der Waals surface area contributed by atoms with Crippen LogP contribution in [0.5, 0.6) is 0 Å². The van der Waals surface area contributed by atoms with Crippen LogP contribution in [0.25, 0.3) is 0 Å². The summed E-state index contributed by atoms with van der Waals surface area (Å²) in [4.78, 5) is 11.6. The van der Waals surface area contributed by atoms with E-state index in [1.165, 1.54) is 19.2 Å². The van der Waals surface area contributed by atoms with Crippen LogP contribution in [-0.2, 0) is 14.6 Å². The highest BCUT2D eigenvalue weighted by Gasteiger charge is 2.24. The number of sulfone groups is 1. The van der Waals surface area contributed by atoms with E-state index in [0.717, 1.165) is 0 Å². The van der Waals surface area contributed by atoms with Gasteiger partial charge in [-0.25, -0.2) is 13.2 Å². The second kappa shape index (κ2) is 5.84. The van der Waals surface area contributed by atoms with Crippen molar-refractivity contribution in [2.24, 2.45) is 5.92 Å². The zero-order chi connectivity index (χ0) is 13.9. The minimum absolute atomic E-state index is 0.00136. The molecule has 4 nitrogen and oxygen atoms in total. The van der Waals surface area contributed by atoms with Crippen molar-refractivity contribution in [1.29, 1.82) is 0 Å². The number of methoxy groups -OCH3 is 1. The number of ether oxygens (including phenoxy) is 1. The third-order valence-electron chi connectivity index (χ3n) is 2.23. The van der Waals surface area contributed by atoms with Gasteiger partial charge in [0.15, 0.2) is 9.84 Å². The Labute approximate surface area is 115 Å². The predicted molar refractivity (Wildman–Crippen MR) is 72.4 cm³/mol. The van der Waals surface area contributed by atoms with Gasteiger partial charge < -0.3 is 4.74 Å². The van der Waals surface area contributed by atoms with E-state index in [1.807, 2.05) is 13.8 Å². The van der Waals surface area contributed by atoms with Crippen LogP contribution in [0, 0.1) is 5.92 Å². The van der Waals surface area contributed by atoms with Gasteiger partial charge in [-0.2, -0.15) is 0 Å². The highest BCUT2D eigenvalue weighted by Crippen LogP contribution is 2.23. The minimum Gasteiger partial charge on any atom is -0.465 e. The predicted octanol–water partition coefficient (Wildman–Crippen LogP) is 2.67. The topological polar surface area (TPSA) is 60.4 Å². The molecule has 6 heteroatoms. The van der Waals surface area contributed by atoms with E-state index >= 15 is 0 Å². The summed E-state index contributed by atoms with van der Waals surface area (Å²) in [7, 11) is -2.26. The molecule has 0 aliphatic carbocycles. The maximum Gasteiger partial charge on any atom is 0.339 e. The van der Waals surface area contributed by atoms with Crippen molar-refractivity contribution >= 4 is 31.7 Å². The molecule has 0 saturated heterocycles. The average molecular weight is 335 g/mol. The van der Waals surface area contributed by atoms with E-state index in [1.54, 1.807) is 6.07 Å². The van der Waals surface area contributed by atoms with Gasteiger partial charge >= 0.3 is 5.97 Å². The highest BCUT2D eigenvalue weighted by molar-refractivity contribution is 9.10. The Hall–Kier alpha value is -0.880. The van der Waals surface area contributed by atoms with Crippen molar-refractivity contribution in [2.45, 2.75) is 18.7 Å². The van der Waals surface area contributed by atoms with Crippen LogP contribution in [-0.4, -0.2) is 27.2 Å². The van der Waals surface area contributed by atoms with E-state index in [0.29, 0.717) is 4.47 Å². The third-order valence-corrected chi connectivity index (χ3v) is 4.86. The molecule has 0 unspecified atom stereocenters. The van der Waals surface area contributed by atoms with E-state index in [4.69, 9.17) is 0 Å². The molecular formula is C12H15BrO4S. The SMILES string of the molecule is COC(=O)c1cc(Br)ccc1S(=O)(=O)CC(C)C. The number of carbonyl (C=O) groups is 1. The van der Waals surface area contributed by atoms with Crippen molar-refractivity contribution < 1.29 is 17.9 Å². The molecule has 0 atom stereocenters. The first-order valence-electron chi connectivity index (χ1n) is 5.38. The average Bonchev–Trinajstić information content (AvgIpc) is 2.25. The zero-order valence-corrected chi connectivity index (χ0v) is 12.8. The molecule has 0 bridgehead atoms. The summed E-state index contributed by atoms with van der Waals surface area (Å²) >= 11 is 3.21. The molecule has 18 heavy (non-hydrogen) atoms. The van der Waals surface area contributed by atoms with Crippen molar-refractivity contribution in [3.05, 3.63) is 28.2 Å². The Bertz CT molecular complexity index is 549. The molecule has 1 rings (SSSR count). The van der Waals surface area contributed by atoms with E-state index in [-0.39, 0.29) is 22.1 Å². The number of esters is 1. The summed E-state index contributed by atoms with van der Waals surface area (Å²) in [5.74, 6) is -0.665. The quantitative estimate of drug-likeness (QED) is 0.794. The standard InChI is InChI=1S/C12H15BrO4S/c1-8(2)7-18(15,16)11-5-4-9(13)6-10(11)12(14)17-3/h4-6,8H,7H2,1-3H3. The second-order valence-electron chi connectivity index (χ2n) is 4.31. The number of rotatable bonds is 4. The Balaban J connectivity index is 3.36. The fraction of sp³-hybridized carbons (Fsp3) is 0.417. The zero-order valence-electron chi connectivity index (χ0n) is 10.4. The Morgan fingerprint density at radius 1 is 1.39 bits per heavy atom. The highest BCUT2D eigenvalue weighted by atomic mass is 79.9. The van der Waals surface area contributed by atoms with Gasteiger partial charge in [0.05, 0.1) is 23.3 Å². The van der Waals surface area contributed by atoms with Gasteiger partial charge in [-0.15, -0.1) is 0 Å². The number of halogens is 1. The van der Waals surface area contributed by atoms with Crippen LogP contribution in [0.15, 0.2) is 27.6 Å². The summed E-state index contributed by atoms with van der Waals surface area (Å²) < 4.78 is 29.6. The largest absolute Gasteiger partial charge is 0.465 e. The van der Waals surface area contributed by atoms with Crippen LogP contribution in [0.2, 0.25) is 0 Å². The molecule has 0 N–H and O–H groups in total. The molecule has 0 spiro atoms. The lowest BCUT2D eigenvalue weighted by Crippen LogP contribution is -2.16. The minimum atomic E-state index is -3.48. The molecule has 0 fully saturated rings. The van der Waals surface area contributed by atoms with E-state index in [2.05, 4.69) is 20.7 Å². The van der Waals surface area contributed by atoms with Crippen LogP contribution < -0.4 is 0 Å². The van der Waals surface area contributed by atoms with Crippen LogP contribution in [0.3, 0.4) is 0 Å². The van der Waals surface area contributed by atoms with Crippen LogP contribution in [0.1, 0.15) is 24.2 Å². The lowest BCUT2D eigenvalue weighted by Gasteiger charge is -2.11. The Morgan fingerprint density at radius 2 is 2.00 bits per heavy atom. The molecule has 1 aromatic rings. The molecule has 0 saturated carbocycles. The monoisotopic (exact) mass is 334 g/mol. The maximum atomic E-state index is 12.2. The van der Waals surface area contributed by atoms with E-state index < -0.39 is 15.8 Å².